The Morgan fingerprint density at radius 3 is 2.53 bits per heavy atom. The van der Waals surface area contributed by atoms with Crippen LogP contribution in [0.1, 0.15) is 11.4 Å². The molecule has 1 aromatic carbocycles. The van der Waals surface area contributed by atoms with E-state index in [1.54, 1.807) is 10.7 Å². The van der Waals surface area contributed by atoms with E-state index in [-0.39, 0.29) is 0 Å². The molecule has 0 aliphatic heterocycles. The van der Waals surface area contributed by atoms with Crippen LogP contribution in [0.4, 0.5) is 10.1 Å². The molecule has 90 valence electrons. The number of nitrogens with zero attached hydrogens (tertiary/aromatic N) is 2. The number of ether oxygens (including phenoxy) is 1. The minimum Gasteiger partial charge on any atom is -0.453 e. The van der Waals surface area contributed by atoms with Crippen molar-refractivity contribution in [1.29, 1.82) is 0 Å². The first-order chi connectivity index (χ1) is 7.97. The highest BCUT2D eigenvalue weighted by atomic mass is 19.1. The van der Waals surface area contributed by atoms with Gasteiger partial charge in [-0.1, -0.05) is 0 Å². The fourth-order valence-corrected chi connectivity index (χ4v) is 1.66. The Balaban J connectivity index is 2.37. The molecule has 0 saturated carbocycles. The van der Waals surface area contributed by atoms with Crippen molar-refractivity contribution < 1.29 is 9.13 Å². The van der Waals surface area contributed by atoms with Crippen molar-refractivity contribution in [2.24, 2.45) is 7.05 Å². The zero-order valence-electron chi connectivity index (χ0n) is 9.99. The van der Waals surface area contributed by atoms with Gasteiger partial charge >= 0.3 is 0 Å². The fraction of sp³-hybridized carbons (Fsp3) is 0.250. The van der Waals surface area contributed by atoms with Crippen LogP contribution in [0.3, 0.4) is 0 Å². The molecule has 0 bridgehead atoms. The lowest BCUT2D eigenvalue weighted by molar-refractivity contribution is 0.469. The highest BCUT2D eigenvalue weighted by molar-refractivity contribution is 5.46. The van der Waals surface area contributed by atoms with Crippen molar-refractivity contribution in [2.75, 3.05) is 5.73 Å². The predicted octanol–water partition coefficient (Wildman–Crippen LogP) is 2.55. The van der Waals surface area contributed by atoms with Crippen LogP contribution in [0.2, 0.25) is 0 Å². The summed E-state index contributed by atoms with van der Waals surface area (Å²) in [6.07, 6.45) is 0. The summed E-state index contributed by atoms with van der Waals surface area (Å²) in [6, 6.07) is 4.12. The van der Waals surface area contributed by atoms with Crippen molar-refractivity contribution in [3.8, 4) is 11.5 Å². The summed E-state index contributed by atoms with van der Waals surface area (Å²) in [5.41, 5.74) is 7.52. The Morgan fingerprint density at radius 2 is 2.00 bits per heavy atom. The third-order valence-corrected chi connectivity index (χ3v) is 2.56. The second kappa shape index (κ2) is 4.08. The second-order valence-electron chi connectivity index (χ2n) is 3.95. The fourth-order valence-electron chi connectivity index (χ4n) is 1.66. The molecule has 0 spiro atoms. The summed E-state index contributed by atoms with van der Waals surface area (Å²) in [4.78, 5) is 0. The third kappa shape index (κ3) is 2.22. The standard InChI is InChI=1S/C12H14FN3O/c1-7-12(8(2)16(3)15-7)17-11-5-9(13)4-10(14)6-11/h4-6H,14H2,1-3H3. The Bertz CT molecular complexity index is 543. The van der Waals surface area contributed by atoms with Crippen LogP contribution in [0.5, 0.6) is 11.5 Å². The molecule has 2 aromatic rings. The summed E-state index contributed by atoms with van der Waals surface area (Å²) in [7, 11) is 1.83. The monoisotopic (exact) mass is 235 g/mol. The van der Waals surface area contributed by atoms with Gasteiger partial charge in [0.25, 0.3) is 0 Å². The van der Waals surface area contributed by atoms with Gasteiger partial charge < -0.3 is 10.5 Å². The number of aryl methyl sites for hydroxylation is 2. The number of anilines is 1. The van der Waals surface area contributed by atoms with E-state index in [4.69, 9.17) is 10.5 Å². The maximum absolute atomic E-state index is 13.2. The van der Waals surface area contributed by atoms with Gasteiger partial charge in [-0.25, -0.2) is 4.39 Å². The van der Waals surface area contributed by atoms with E-state index in [0.717, 1.165) is 11.4 Å². The van der Waals surface area contributed by atoms with Gasteiger partial charge in [0, 0.05) is 24.9 Å². The molecule has 4 nitrogen and oxygen atoms in total. The molecule has 5 heteroatoms. The number of hydrogen-bond donors (Lipinski definition) is 1. The van der Waals surface area contributed by atoms with Crippen molar-refractivity contribution in [1.82, 2.24) is 9.78 Å². The van der Waals surface area contributed by atoms with Crippen LogP contribution in [-0.2, 0) is 7.05 Å². The van der Waals surface area contributed by atoms with Crippen molar-refractivity contribution in [3.63, 3.8) is 0 Å². The van der Waals surface area contributed by atoms with E-state index in [0.29, 0.717) is 17.2 Å². The molecule has 0 aliphatic carbocycles. The minimum atomic E-state index is -0.417. The Hall–Kier alpha value is -2.04. The van der Waals surface area contributed by atoms with Gasteiger partial charge in [-0.3, -0.25) is 4.68 Å². The summed E-state index contributed by atoms with van der Waals surface area (Å²) in [5.74, 6) is 0.596. The lowest BCUT2D eigenvalue weighted by Crippen LogP contribution is -1.94. The third-order valence-electron chi connectivity index (χ3n) is 2.56. The number of halogens is 1. The maximum Gasteiger partial charge on any atom is 0.171 e. The predicted molar refractivity (Wildman–Crippen MR) is 63.6 cm³/mol. The van der Waals surface area contributed by atoms with Crippen LogP contribution < -0.4 is 10.5 Å². The van der Waals surface area contributed by atoms with Gasteiger partial charge in [-0.05, 0) is 19.9 Å². The van der Waals surface area contributed by atoms with E-state index in [2.05, 4.69) is 5.10 Å². The molecule has 1 heterocycles. The van der Waals surface area contributed by atoms with E-state index in [9.17, 15) is 4.39 Å². The normalized spacial score (nSPS) is 10.6. The van der Waals surface area contributed by atoms with Gasteiger partial charge in [0.1, 0.15) is 17.3 Å². The number of hydrogen-bond acceptors (Lipinski definition) is 3. The average Bonchev–Trinajstić information content (AvgIpc) is 2.44. The van der Waals surface area contributed by atoms with Gasteiger partial charge in [-0.15, -0.1) is 0 Å². The molecule has 0 amide bonds. The van der Waals surface area contributed by atoms with Gasteiger partial charge in [0.2, 0.25) is 0 Å². The molecule has 0 saturated heterocycles. The largest absolute Gasteiger partial charge is 0.453 e. The quantitative estimate of drug-likeness (QED) is 0.814. The van der Waals surface area contributed by atoms with Gasteiger partial charge in [-0.2, -0.15) is 5.10 Å². The first-order valence-corrected chi connectivity index (χ1v) is 5.21. The Labute approximate surface area is 98.8 Å². The van der Waals surface area contributed by atoms with Gasteiger partial charge in [0.15, 0.2) is 5.75 Å². The van der Waals surface area contributed by atoms with Crippen molar-refractivity contribution in [3.05, 3.63) is 35.4 Å². The molecule has 2 rings (SSSR count). The number of benzene rings is 1. The Kier molecular flexibility index (Phi) is 2.75. The highest BCUT2D eigenvalue weighted by Crippen LogP contribution is 2.29. The average molecular weight is 235 g/mol. The van der Waals surface area contributed by atoms with Crippen molar-refractivity contribution >= 4 is 5.69 Å². The lowest BCUT2D eigenvalue weighted by Gasteiger charge is -2.07. The first-order valence-electron chi connectivity index (χ1n) is 5.21. The van der Waals surface area contributed by atoms with E-state index < -0.39 is 5.82 Å². The summed E-state index contributed by atoms with van der Waals surface area (Å²) < 4.78 is 20.5. The molecule has 17 heavy (non-hydrogen) atoms. The SMILES string of the molecule is Cc1nn(C)c(C)c1Oc1cc(N)cc(F)c1. The van der Waals surface area contributed by atoms with E-state index >= 15 is 0 Å². The summed E-state index contributed by atoms with van der Waals surface area (Å²) >= 11 is 0. The zero-order chi connectivity index (χ0) is 12.6. The Morgan fingerprint density at radius 1 is 1.29 bits per heavy atom. The first kappa shape index (κ1) is 11.4. The topological polar surface area (TPSA) is 53.1 Å². The maximum atomic E-state index is 13.2. The van der Waals surface area contributed by atoms with Crippen LogP contribution in [0.15, 0.2) is 18.2 Å². The molecule has 0 fully saturated rings. The summed E-state index contributed by atoms with van der Waals surface area (Å²) in [5, 5.41) is 4.22. The number of rotatable bonds is 2. The minimum absolute atomic E-state index is 0.333. The molecule has 0 radical (unpaired) electrons. The highest BCUT2D eigenvalue weighted by Gasteiger charge is 2.12. The molecule has 2 N–H and O–H groups in total. The number of nitrogens with two attached hydrogens (primary N) is 1. The molecule has 1 aromatic heterocycles. The van der Waals surface area contributed by atoms with Crippen LogP contribution >= 0.6 is 0 Å². The zero-order valence-corrected chi connectivity index (χ0v) is 9.99. The van der Waals surface area contributed by atoms with Crippen molar-refractivity contribution in [2.45, 2.75) is 13.8 Å². The van der Waals surface area contributed by atoms with E-state index in [1.165, 1.54) is 12.1 Å². The molecular weight excluding hydrogens is 221 g/mol. The summed E-state index contributed by atoms with van der Waals surface area (Å²) in [6.45, 7) is 3.73. The number of nitrogen functional groups attached to an aromatic ring is 1. The lowest BCUT2D eigenvalue weighted by atomic mass is 10.3. The molecule has 0 atom stereocenters. The van der Waals surface area contributed by atoms with E-state index in [1.807, 2.05) is 20.9 Å². The number of aromatic nitrogens is 2. The molecular formula is C12H14FN3O. The second-order valence-corrected chi connectivity index (χ2v) is 3.95. The van der Waals surface area contributed by atoms with Crippen LogP contribution in [-0.4, -0.2) is 9.78 Å². The van der Waals surface area contributed by atoms with Crippen LogP contribution in [0.25, 0.3) is 0 Å². The smallest absolute Gasteiger partial charge is 0.171 e. The molecule has 0 aliphatic rings. The van der Waals surface area contributed by atoms with Crippen LogP contribution in [0, 0.1) is 19.7 Å². The molecule has 0 unspecified atom stereocenters. The van der Waals surface area contributed by atoms with Gasteiger partial charge in [0.05, 0.1) is 5.69 Å².